The lowest BCUT2D eigenvalue weighted by Crippen LogP contribution is -2.37. The minimum atomic E-state index is -0.179. The molecule has 0 spiro atoms. The number of hydrogen-bond acceptors (Lipinski definition) is 9. The Morgan fingerprint density at radius 2 is 1.94 bits per heavy atom. The van der Waals surface area contributed by atoms with Crippen LogP contribution in [0.2, 0.25) is 0 Å². The number of rotatable bonds is 5. The van der Waals surface area contributed by atoms with Crippen LogP contribution in [0.4, 0.5) is 17.5 Å². The standard InChI is InChI=1S/C20H25N7O4/c1-29-18-14(3-2-6-21-18)22-19-24-16(26-7-11-31-12-8-26)15-17(25-19)27(20(28)23-15)13-4-9-30-10-5-13/h2-3,6,13H,4-5,7-12H2,1H3,(H,23,28)(H,22,24,25). The summed E-state index contributed by atoms with van der Waals surface area (Å²) in [5.74, 6) is 1.50. The molecule has 3 aromatic heterocycles. The molecule has 2 N–H and O–H groups in total. The van der Waals surface area contributed by atoms with E-state index < -0.39 is 0 Å². The highest BCUT2D eigenvalue weighted by atomic mass is 16.5. The Balaban J connectivity index is 1.63. The highest BCUT2D eigenvalue weighted by Crippen LogP contribution is 2.30. The fourth-order valence-electron chi connectivity index (χ4n) is 4.10. The molecule has 0 aromatic carbocycles. The Kier molecular flexibility index (Phi) is 5.43. The predicted octanol–water partition coefficient (Wildman–Crippen LogP) is 1.45. The average Bonchev–Trinajstić information content (AvgIpc) is 3.15. The maximum Gasteiger partial charge on any atom is 0.328 e. The van der Waals surface area contributed by atoms with E-state index in [9.17, 15) is 4.79 Å². The van der Waals surface area contributed by atoms with Crippen molar-refractivity contribution in [3.8, 4) is 5.88 Å². The molecule has 5 rings (SSSR count). The minimum Gasteiger partial charge on any atom is -0.480 e. The van der Waals surface area contributed by atoms with Gasteiger partial charge in [-0.15, -0.1) is 0 Å². The first-order valence-corrected chi connectivity index (χ1v) is 10.4. The van der Waals surface area contributed by atoms with E-state index in [2.05, 4.69) is 20.2 Å². The molecule has 11 nitrogen and oxygen atoms in total. The summed E-state index contributed by atoms with van der Waals surface area (Å²) >= 11 is 0. The molecule has 0 bridgehead atoms. The first kappa shape index (κ1) is 19.8. The van der Waals surface area contributed by atoms with Crippen molar-refractivity contribution in [3.63, 3.8) is 0 Å². The van der Waals surface area contributed by atoms with E-state index in [0.717, 1.165) is 12.8 Å². The van der Waals surface area contributed by atoms with E-state index in [1.165, 1.54) is 0 Å². The number of morpholine rings is 1. The molecule has 5 heterocycles. The van der Waals surface area contributed by atoms with Gasteiger partial charge in [0.25, 0.3) is 0 Å². The molecular weight excluding hydrogens is 402 g/mol. The summed E-state index contributed by atoms with van der Waals surface area (Å²) in [4.78, 5) is 31.8. The van der Waals surface area contributed by atoms with Gasteiger partial charge in [0.05, 0.1) is 20.3 Å². The molecule has 2 aliphatic heterocycles. The highest BCUT2D eigenvalue weighted by molar-refractivity contribution is 5.85. The number of nitrogens with zero attached hydrogens (tertiary/aromatic N) is 5. The van der Waals surface area contributed by atoms with Crippen molar-refractivity contribution < 1.29 is 14.2 Å². The maximum atomic E-state index is 12.9. The Labute approximate surface area is 178 Å². The summed E-state index contributed by atoms with van der Waals surface area (Å²) in [6, 6.07) is 3.68. The zero-order valence-electron chi connectivity index (χ0n) is 17.3. The van der Waals surface area contributed by atoms with Crippen LogP contribution in [0.3, 0.4) is 0 Å². The van der Waals surface area contributed by atoms with Crippen molar-refractivity contribution in [3.05, 3.63) is 28.8 Å². The molecule has 0 aliphatic carbocycles. The van der Waals surface area contributed by atoms with Crippen molar-refractivity contribution in [1.82, 2.24) is 24.5 Å². The third-order valence-corrected chi connectivity index (χ3v) is 5.63. The van der Waals surface area contributed by atoms with Gasteiger partial charge in [-0.3, -0.25) is 4.57 Å². The smallest absolute Gasteiger partial charge is 0.328 e. The van der Waals surface area contributed by atoms with Gasteiger partial charge < -0.3 is 29.4 Å². The minimum absolute atomic E-state index is 0.0308. The van der Waals surface area contributed by atoms with Gasteiger partial charge in [0, 0.05) is 38.5 Å². The van der Waals surface area contributed by atoms with Crippen LogP contribution >= 0.6 is 0 Å². The summed E-state index contributed by atoms with van der Waals surface area (Å²) in [6.45, 7) is 3.84. The normalized spacial score (nSPS) is 17.8. The molecule has 11 heteroatoms. The van der Waals surface area contributed by atoms with Gasteiger partial charge >= 0.3 is 5.69 Å². The van der Waals surface area contributed by atoms with Crippen LogP contribution in [0.1, 0.15) is 18.9 Å². The van der Waals surface area contributed by atoms with Crippen LogP contribution in [0.25, 0.3) is 11.2 Å². The number of H-pyrrole nitrogens is 1. The van der Waals surface area contributed by atoms with E-state index in [1.807, 2.05) is 6.07 Å². The Bertz CT molecular complexity index is 1120. The highest BCUT2D eigenvalue weighted by Gasteiger charge is 2.26. The first-order chi connectivity index (χ1) is 15.2. The lowest BCUT2D eigenvalue weighted by atomic mass is 10.1. The number of fused-ring (bicyclic) bond motifs is 1. The van der Waals surface area contributed by atoms with Gasteiger partial charge in [0.2, 0.25) is 11.8 Å². The second kappa shape index (κ2) is 8.52. The largest absolute Gasteiger partial charge is 0.480 e. The van der Waals surface area contributed by atoms with Crippen LogP contribution in [-0.4, -0.2) is 71.1 Å². The van der Waals surface area contributed by atoms with Crippen molar-refractivity contribution in [1.29, 1.82) is 0 Å². The SMILES string of the molecule is COc1ncccc1Nc1nc(N2CCOCC2)c2[nH]c(=O)n(C3CCOCC3)c2n1. The third kappa shape index (κ3) is 3.81. The number of methoxy groups -OCH3 is 1. The van der Waals surface area contributed by atoms with Crippen molar-refractivity contribution in [2.75, 3.05) is 56.8 Å². The number of aromatic amines is 1. The number of hydrogen-bond donors (Lipinski definition) is 2. The van der Waals surface area contributed by atoms with Gasteiger partial charge in [-0.25, -0.2) is 9.78 Å². The second-order valence-corrected chi connectivity index (χ2v) is 7.50. The van der Waals surface area contributed by atoms with E-state index in [1.54, 1.807) is 23.9 Å². The zero-order chi connectivity index (χ0) is 21.2. The number of aromatic nitrogens is 5. The molecule has 164 valence electrons. The van der Waals surface area contributed by atoms with Crippen LogP contribution in [0.5, 0.6) is 5.88 Å². The van der Waals surface area contributed by atoms with Crippen molar-refractivity contribution >= 4 is 28.6 Å². The van der Waals surface area contributed by atoms with Gasteiger partial charge in [-0.1, -0.05) is 0 Å². The third-order valence-electron chi connectivity index (χ3n) is 5.63. The van der Waals surface area contributed by atoms with E-state index in [4.69, 9.17) is 24.2 Å². The summed E-state index contributed by atoms with van der Waals surface area (Å²) < 4.78 is 18.1. The monoisotopic (exact) mass is 427 g/mol. The molecule has 0 atom stereocenters. The number of pyridine rings is 1. The number of imidazole rings is 1. The van der Waals surface area contributed by atoms with Gasteiger partial charge in [-0.2, -0.15) is 9.97 Å². The summed E-state index contributed by atoms with van der Waals surface area (Å²) in [5, 5.41) is 3.21. The van der Waals surface area contributed by atoms with Crippen molar-refractivity contribution in [2.24, 2.45) is 0 Å². The predicted molar refractivity (Wildman–Crippen MR) is 114 cm³/mol. The molecule has 0 amide bonds. The van der Waals surface area contributed by atoms with Gasteiger partial charge in [-0.05, 0) is 25.0 Å². The second-order valence-electron chi connectivity index (χ2n) is 7.50. The zero-order valence-corrected chi connectivity index (χ0v) is 17.3. The molecule has 2 aliphatic rings. The van der Waals surface area contributed by atoms with E-state index in [0.29, 0.717) is 74.0 Å². The maximum absolute atomic E-state index is 12.9. The molecule has 3 aromatic rings. The first-order valence-electron chi connectivity index (χ1n) is 10.4. The number of ether oxygens (including phenoxy) is 3. The summed E-state index contributed by atoms with van der Waals surface area (Å²) in [5.41, 5.74) is 1.69. The molecule has 2 fully saturated rings. The fourth-order valence-corrected chi connectivity index (χ4v) is 4.10. The topological polar surface area (TPSA) is 119 Å². The lowest BCUT2D eigenvalue weighted by molar-refractivity contribution is 0.0697. The van der Waals surface area contributed by atoms with E-state index in [-0.39, 0.29) is 11.7 Å². The molecule has 0 unspecified atom stereocenters. The quantitative estimate of drug-likeness (QED) is 0.623. The average molecular weight is 427 g/mol. The summed E-state index contributed by atoms with van der Waals surface area (Å²) in [6.07, 6.45) is 3.19. The molecular formula is C20H25N7O4. The Hall–Kier alpha value is -3.18. The number of nitrogens with one attached hydrogen (secondary N) is 2. The molecule has 0 saturated carbocycles. The fraction of sp³-hybridized carbons (Fsp3) is 0.500. The Morgan fingerprint density at radius 1 is 1.16 bits per heavy atom. The van der Waals surface area contributed by atoms with Crippen LogP contribution < -0.4 is 20.6 Å². The van der Waals surface area contributed by atoms with Crippen LogP contribution in [0, 0.1) is 0 Å². The molecule has 0 radical (unpaired) electrons. The van der Waals surface area contributed by atoms with Crippen LogP contribution in [-0.2, 0) is 9.47 Å². The molecule has 2 saturated heterocycles. The Morgan fingerprint density at radius 3 is 2.71 bits per heavy atom. The molecule has 31 heavy (non-hydrogen) atoms. The summed E-state index contributed by atoms with van der Waals surface area (Å²) in [7, 11) is 1.56. The van der Waals surface area contributed by atoms with E-state index >= 15 is 0 Å². The van der Waals surface area contributed by atoms with Gasteiger partial charge in [0.15, 0.2) is 11.5 Å². The lowest BCUT2D eigenvalue weighted by Gasteiger charge is -2.28. The van der Waals surface area contributed by atoms with Crippen LogP contribution in [0.15, 0.2) is 23.1 Å². The van der Waals surface area contributed by atoms with Gasteiger partial charge in [0.1, 0.15) is 11.2 Å². The van der Waals surface area contributed by atoms with Crippen molar-refractivity contribution in [2.45, 2.75) is 18.9 Å². The number of anilines is 3.